The summed E-state index contributed by atoms with van der Waals surface area (Å²) in [5.74, 6) is -1.28. The van der Waals surface area contributed by atoms with E-state index < -0.39 is 23.4 Å². The Morgan fingerprint density at radius 2 is 1.79 bits per heavy atom. The van der Waals surface area contributed by atoms with E-state index in [4.69, 9.17) is 23.2 Å². The summed E-state index contributed by atoms with van der Waals surface area (Å²) in [6, 6.07) is 18.3. The highest BCUT2D eigenvalue weighted by Gasteiger charge is 2.65. The van der Waals surface area contributed by atoms with Gasteiger partial charge in [0, 0.05) is 35.1 Å². The molecule has 4 aromatic rings. The summed E-state index contributed by atoms with van der Waals surface area (Å²) in [7, 11) is 1.57. The van der Waals surface area contributed by atoms with Crippen molar-refractivity contribution in [1.82, 2.24) is 14.8 Å². The first kappa shape index (κ1) is 25.3. The van der Waals surface area contributed by atoms with E-state index in [2.05, 4.69) is 11.1 Å². The molecule has 6 rings (SSSR count). The van der Waals surface area contributed by atoms with Gasteiger partial charge in [0.05, 0.1) is 39.6 Å². The first-order valence-corrected chi connectivity index (χ1v) is 13.6. The smallest absolute Gasteiger partial charge is 0.332 e. The number of amides is 4. The zero-order chi connectivity index (χ0) is 27.5. The number of thiazole rings is 1. The molecule has 0 saturated carbocycles. The van der Waals surface area contributed by atoms with Gasteiger partial charge in [-0.3, -0.25) is 9.59 Å². The third-order valence-electron chi connectivity index (χ3n) is 7.47. The van der Waals surface area contributed by atoms with E-state index in [1.165, 1.54) is 34.4 Å². The predicted molar refractivity (Wildman–Crippen MR) is 149 cm³/mol. The predicted octanol–water partition coefficient (Wildman–Crippen LogP) is 5.55. The van der Waals surface area contributed by atoms with Crippen LogP contribution >= 0.6 is 34.5 Å². The molecule has 4 amide bonds. The molecule has 2 saturated heterocycles. The fourth-order valence-electron chi connectivity index (χ4n) is 5.53. The fourth-order valence-corrected chi connectivity index (χ4v) is 6.76. The highest BCUT2D eigenvalue weighted by molar-refractivity contribution is 7.16. The molecule has 1 spiro atoms. The van der Waals surface area contributed by atoms with Gasteiger partial charge in [0.15, 0.2) is 0 Å². The molecular formula is C28H19Cl2N5O3S. The Morgan fingerprint density at radius 3 is 2.49 bits per heavy atom. The van der Waals surface area contributed by atoms with Crippen LogP contribution in [-0.4, -0.2) is 58.3 Å². The van der Waals surface area contributed by atoms with Crippen LogP contribution in [0, 0.1) is 11.3 Å². The Bertz CT molecular complexity index is 1700. The maximum absolute atomic E-state index is 14.3. The van der Waals surface area contributed by atoms with E-state index in [9.17, 15) is 19.6 Å². The number of rotatable bonds is 3. The van der Waals surface area contributed by atoms with Crippen LogP contribution in [0.25, 0.3) is 10.2 Å². The third kappa shape index (κ3) is 3.95. The molecular weight excluding hydrogens is 557 g/mol. The summed E-state index contributed by atoms with van der Waals surface area (Å²) in [6.07, 6.45) is 0. The Kier molecular flexibility index (Phi) is 6.07. The van der Waals surface area contributed by atoms with E-state index in [-0.39, 0.29) is 34.7 Å². The van der Waals surface area contributed by atoms with Crippen molar-refractivity contribution in [2.75, 3.05) is 25.0 Å². The first-order chi connectivity index (χ1) is 18.7. The first-order valence-electron chi connectivity index (χ1n) is 11.9. The van der Waals surface area contributed by atoms with Crippen LogP contribution in [-0.2, 0) is 4.79 Å². The van der Waals surface area contributed by atoms with Gasteiger partial charge in [-0.15, -0.1) is 11.3 Å². The number of nitrogens with zero attached hydrogens (tertiary/aromatic N) is 5. The second kappa shape index (κ2) is 9.35. The second-order valence-corrected chi connectivity index (χ2v) is 11.3. The molecule has 0 unspecified atom stereocenters. The quantitative estimate of drug-likeness (QED) is 0.298. The molecule has 2 atom stereocenters. The molecule has 1 aromatic heterocycles. The average Bonchev–Trinajstić information content (AvgIpc) is 3.61. The number of urea groups is 1. The number of nitriles is 1. The van der Waals surface area contributed by atoms with Crippen LogP contribution < -0.4 is 4.90 Å². The minimum atomic E-state index is -1.38. The zero-order valence-electron chi connectivity index (χ0n) is 20.5. The molecule has 11 heteroatoms. The minimum absolute atomic E-state index is 0.0108. The molecule has 0 bridgehead atoms. The van der Waals surface area contributed by atoms with Crippen LogP contribution in [0.2, 0.25) is 10.0 Å². The Morgan fingerprint density at radius 1 is 1.08 bits per heavy atom. The van der Waals surface area contributed by atoms with Crippen molar-refractivity contribution in [3.05, 3.63) is 92.9 Å². The molecule has 0 aliphatic carbocycles. The number of aromatic nitrogens is 1. The Balaban J connectivity index is 1.45. The average molecular weight is 576 g/mol. The molecule has 39 heavy (non-hydrogen) atoms. The number of carbonyl (C=O) groups excluding carboxylic acids is 3. The number of hydrogen-bond acceptors (Lipinski definition) is 6. The number of imide groups is 1. The van der Waals surface area contributed by atoms with Gasteiger partial charge < -0.3 is 9.80 Å². The van der Waals surface area contributed by atoms with Crippen LogP contribution in [0.3, 0.4) is 0 Å². The highest BCUT2D eigenvalue weighted by Crippen LogP contribution is 2.47. The summed E-state index contributed by atoms with van der Waals surface area (Å²) in [5, 5.41) is 9.85. The van der Waals surface area contributed by atoms with Crippen LogP contribution in [0.5, 0.6) is 0 Å². The van der Waals surface area contributed by atoms with E-state index >= 15 is 0 Å². The van der Waals surface area contributed by atoms with Gasteiger partial charge in [0.2, 0.25) is 0 Å². The van der Waals surface area contributed by atoms with E-state index in [1.54, 1.807) is 59.9 Å². The summed E-state index contributed by atoms with van der Waals surface area (Å²) in [5.41, 5.74) is 3.07. The maximum atomic E-state index is 14.3. The molecule has 2 aliphatic rings. The number of hydrogen-bond donors (Lipinski definition) is 0. The molecule has 3 aromatic carbocycles. The molecule has 194 valence electrons. The Hall–Kier alpha value is -3.97. The highest BCUT2D eigenvalue weighted by atomic mass is 35.5. The largest absolute Gasteiger partial charge is 0.335 e. The fraction of sp³-hybridized carbons (Fsp3) is 0.179. The number of carbonyl (C=O) groups is 3. The molecule has 8 nitrogen and oxygen atoms in total. The van der Waals surface area contributed by atoms with Crippen molar-refractivity contribution < 1.29 is 14.4 Å². The standard InChI is InChI=1S/C28H19Cl2N5O3S/c1-33-27(38)35(21-10-19(29)9-20(30)11-21)26(37)28(33)14-34(13-22(28)17-4-2-16(12-31)3-5-17)25(36)18-6-7-23-24(8-18)39-15-32-23/h2-11,15,22H,13-14H2,1H3/t22-,28+/m0/s1. The van der Waals surface area contributed by atoms with Crippen molar-refractivity contribution in [3.63, 3.8) is 0 Å². The van der Waals surface area contributed by atoms with E-state index in [1.807, 2.05) is 0 Å². The van der Waals surface area contributed by atoms with E-state index in [0.717, 1.165) is 20.7 Å². The van der Waals surface area contributed by atoms with Gasteiger partial charge in [-0.05, 0) is 54.1 Å². The van der Waals surface area contributed by atoms with Gasteiger partial charge in [-0.2, -0.15) is 5.26 Å². The summed E-state index contributed by atoms with van der Waals surface area (Å²) < 4.78 is 0.881. The van der Waals surface area contributed by atoms with Gasteiger partial charge in [-0.25, -0.2) is 14.7 Å². The summed E-state index contributed by atoms with van der Waals surface area (Å²) >= 11 is 13.8. The molecule has 0 radical (unpaired) electrons. The van der Waals surface area contributed by atoms with Gasteiger partial charge in [0.1, 0.15) is 5.54 Å². The summed E-state index contributed by atoms with van der Waals surface area (Å²) in [4.78, 5) is 50.1. The lowest BCUT2D eigenvalue weighted by Crippen LogP contribution is -2.54. The lowest BCUT2D eigenvalue weighted by Gasteiger charge is -2.33. The Labute approximate surface area is 237 Å². The normalized spacial score (nSPS) is 20.9. The number of likely N-dealkylation sites (N-methyl/N-ethyl adjacent to an activating group) is 1. The van der Waals surface area contributed by atoms with Crippen molar-refractivity contribution in [2.24, 2.45) is 0 Å². The summed E-state index contributed by atoms with van der Waals surface area (Å²) in [6.45, 7) is 0.183. The molecule has 2 fully saturated rings. The molecule has 2 aliphatic heterocycles. The van der Waals surface area contributed by atoms with Crippen LogP contribution in [0.15, 0.2) is 66.2 Å². The van der Waals surface area contributed by atoms with Gasteiger partial charge >= 0.3 is 6.03 Å². The zero-order valence-corrected chi connectivity index (χ0v) is 22.8. The minimum Gasteiger partial charge on any atom is -0.335 e. The number of anilines is 1. The molecule has 3 heterocycles. The lowest BCUT2D eigenvalue weighted by atomic mass is 9.80. The number of halogens is 2. The van der Waals surface area contributed by atoms with Crippen LogP contribution in [0.4, 0.5) is 10.5 Å². The van der Waals surface area contributed by atoms with E-state index in [0.29, 0.717) is 11.1 Å². The van der Waals surface area contributed by atoms with Crippen molar-refractivity contribution in [3.8, 4) is 6.07 Å². The number of benzene rings is 3. The lowest BCUT2D eigenvalue weighted by molar-refractivity contribution is -0.124. The molecule has 0 N–H and O–H groups in total. The third-order valence-corrected chi connectivity index (χ3v) is 8.70. The van der Waals surface area contributed by atoms with Crippen LogP contribution in [0.1, 0.15) is 27.4 Å². The monoisotopic (exact) mass is 575 g/mol. The second-order valence-electron chi connectivity index (χ2n) is 9.54. The van der Waals surface area contributed by atoms with Crippen molar-refractivity contribution >= 4 is 68.3 Å². The number of fused-ring (bicyclic) bond motifs is 1. The van der Waals surface area contributed by atoms with Crippen molar-refractivity contribution in [1.29, 1.82) is 5.26 Å². The topological polar surface area (TPSA) is 97.6 Å². The maximum Gasteiger partial charge on any atom is 0.332 e. The SMILES string of the molecule is CN1C(=O)N(c2cc(Cl)cc(Cl)c2)C(=O)[C@]12CN(C(=O)c1ccc3ncsc3c1)C[C@H]2c1ccc(C#N)cc1. The van der Waals surface area contributed by atoms with Gasteiger partial charge in [-0.1, -0.05) is 35.3 Å². The van der Waals surface area contributed by atoms with Crippen molar-refractivity contribution in [2.45, 2.75) is 11.5 Å². The van der Waals surface area contributed by atoms with Gasteiger partial charge in [0.25, 0.3) is 11.8 Å². The number of likely N-dealkylation sites (tertiary alicyclic amines) is 1.